The van der Waals surface area contributed by atoms with Crippen LogP contribution < -0.4 is 0 Å². The Labute approximate surface area is 174 Å². The van der Waals surface area contributed by atoms with Gasteiger partial charge in [-0.15, -0.1) is 0 Å². The molecule has 0 heterocycles. The van der Waals surface area contributed by atoms with E-state index in [0.29, 0.717) is 0 Å². The molecule has 0 unspecified atom stereocenters. The predicted octanol–water partition coefficient (Wildman–Crippen LogP) is 8.45. The highest BCUT2D eigenvalue weighted by molar-refractivity contribution is 6.23. The molecule has 0 fully saturated rings. The average Bonchev–Trinajstić information content (AvgIpc) is 3.21. The topological polar surface area (TPSA) is 0 Å². The van der Waals surface area contributed by atoms with Gasteiger partial charge in [0.15, 0.2) is 0 Å². The lowest BCUT2D eigenvalue weighted by molar-refractivity contribution is 1.69. The molecule has 0 spiro atoms. The zero-order valence-electron chi connectivity index (χ0n) is 16.4. The summed E-state index contributed by atoms with van der Waals surface area (Å²) in [6, 6.07) is 35.7. The Morgan fingerprint density at radius 1 is 0.367 bits per heavy atom. The Balaban J connectivity index is 1.67. The Hall–Kier alpha value is -3.90. The van der Waals surface area contributed by atoms with Gasteiger partial charge in [0, 0.05) is 0 Å². The van der Waals surface area contributed by atoms with E-state index in [4.69, 9.17) is 0 Å². The number of hydrogen-bond acceptors (Lipinski definition) is 0. The lowest BCUT2D eigenvalue weighted by atomic mass is 9.88. The van der Waals surface area contributed by atoms with Crippen molar-refractivity contribution < 1.29 is 0 Å². The molecule has 0 heteroatoms. The molecular weight excluding hydrogens is 360 g/mol. The number of hydrogen-bond donors (Lipinski definition) is 0. The quantitative estimate of drug-likeness (QED) is 0.198. The normalized spacial score (nSPS) is 12.5. The summed E-state index contributed by atoms with van der Waals surface area (Å²) >= 11 is 0. The first-order valence-electron chi connectivity index (χ1n) is 10.5. The van der Waals surface area contributed by atoms with Gasteiger partial charge < -0.3 is 0 Å². The Kier molecular flexibility index (Phi) is 3.09. The molecule has 1 aliphatic carbocycles. The van der Waals surface area contributed by atoms with Crippen molar-refractivity contribution in [1.29, 1.82) is 0 Å². The van der Waals surface area contributed by atoms with Gasteiger partial charge in [0.2, 0.25) is 0 Å². The first kappa shape index (κ1) is 16.0. The summed E-state index contributed by atoms with van der Waals surface area (Å²) in [5.74, 6) is 0. The molecule has 6 aromatic carbocycles. The van der Waals surface area contributed by atoms with Crippen LogP contribution in [0.3, 0.4) is 0 Å². The maximum Gasteiger partial charge on any atom is -0.00145 e. The molecule has 1 aliphatic rings. The SMILES string of the molecule is C1=Cc2cc3ccccc3c3c(-c4cccc5cc6ccccc6cc45)ccc1c23. The summed E-state index contributed by atoms with van der Waals surface area (Å²) in [4.78, 5) is 0. The van der Waals surface area contributed by atoms with E-state index in [-0.39, 0.29) is 0 Å². The minimum Gasteiger partial charge on any atom is -0.0616 e. The highest BCUT2D eigenvalue weighted by atomic mass is 14.2. The highest BCUT2D eigenvalue weighted by Crippen LogP contribution is 2.43. The summed E-state index contributed by atoms with van der Waals surface area (Å²) in [6.45, 7) is 0. The Morgan fingerprint density at radius 2 is 1.07 bits per heavy atom. The fourth-order valence-electron chi connectivity index (χ4n) is 5.18. The zero-order chi connectivity index (χ0) is 19.7. The first-order valence-corrected chi connectivity index (χ1v) is 10.5. The van der Waals surface area contributed by atoms with Gasteiger partial charge in [-0.05, 0) is 83.5 Å². The van der Waals surface area contributed by atoms with Crippen molar-refractivity contribution in [2.45, 2.75) is 0 Å². The van der Waals surface area contributed by atoms with Gasteiger partial charge in [0.1, 0.15) is 0 Å². The molecule has 0 saturated heterocycles. The second-order valence-electron chi connectivity index (χ2n) is 8.20. The van der Waals surface area contributed by atoms with Gasteiger partial charge in [-0.3, -0.25) is 0 Å². The molecule has 0 N–H and O–H groups in total. The highest BCUT2D eigenvalue weighted by Gasteiger charge is 2.17. The summed E-state index contributed by atoms with van der Waals surface area (Å²) in [5.41, 5.74) is 5.27. The molecule has 0 atom stereocenters. The fraction of sp³-hybridized carbons (Fsp3) is 0. The molecule has 0 aromatic heterocycles. The van der Waals surface area contributed by atoms with Crippen LogP contribution in [-0.4, -0.2) is 0 Å². The van der Waals surface area contributed by atoms with Crippen molar-refractivity contribution >= 4 is 55.2 Å². The van der Waals surface area contributed by atoms with Gasteiger partial charge in [-0.25, -0.2) is 0 Å². The van der Waals surface area contributed by atoms with Crippen LogP contribution in [0.25, 0.3) is 66.4 Å². The largest absolute Gasteiger partial charge is 0.0616 e. The van der Waals surface area contributed by atoms with Crippen LogP contribution in [0, 0.1) is 0 Å². The van der Waals surface area contributed by atoms with Crippen LogP contribution >= 0.6 is 0 Å². The van der Waals surface area contributed by atoms with Crippen LogP contribution in [0.15, 0.2) is 97.1 Å². The maximum absolute atomic E-state index is 2.35. The van der Waals surface area contributed by atoms with Crippen LogP contribution in [-0.2, 0) is 0 Å². The van der Waals surface area contributed by atoms with E-state index in [2.05, 4.69) is 109 Å². The van der Waals surface area contributed by atoms with E-state index in [1.807, 2.05) is 0 Å². The van der Waals surface area contributed by atoms with Crippen molar-refractivity contribution in [3.63, 3.8) is 0 Å². The lowest BCUT2D eigenvalue weighted by Gasteiger charge is -2.15. The van der Waals surface area contributed by atoms with Crippen LogP contribution in [0.1, 0.15) is 11.1 Å². The summed E-state index contributed by atoms with van der Waals surface area (Å²) < 4.78 is 0. The van der Waals surface area contributed by atoms with Crippen LogP contribution in [0.2, 0.25) is 0 Å². The third-order valence-electron chi connectivity index (χ3n) is 6.55. The van der Waals surface area contributed by atoms with Crippen molar-refractivity contribution in [3.8, 4) is 11.1 Å². The molecule has 0 bridgehead atoms. The standard InChI is InChI=1S/C30H18/c1-2-7-21-18-28-23(16-20(21)6-1)9-5-11-26(28)27-15-14-19-12-13-24-17-22-8-3-4-10-25(22)30(27)29(19)24/h1-18H. The van der Waals surface area contributed by atoms with E-state index < -0.39 is 0 Å². The maximum atomic E-state index is 2.35. The monoisotopic (exact) mass is 378 g/mol. The predicted molar refractivity (Wildman–Crippen MR) is 131 cm³/mol. The van der Waals surface area contributed by atoms with E-state index in [1.165, 1.54) is 65.3 Å². The molecule has 7 rings (SSSR count). The third kappa shape index (κ3) is 2.11. The van der Waals surface area contributed by atoms with E-state index in [0.717, 1.165) is 0 Å². The van der Waals surface area contributed by atoms with Crippen molar-refractivity contribution in [2.75, 3.05) is 0 Å². The van der Waals surface area contributed by atoms with Crippen LogP contribution in [0.5, 0.6) is 0 Å². The molecular formula is C30H18. The van der Waals surface area contributed by atoms with E-state index in [1.54, 1.807) is 0 Å². The molecule has 0 saturated carbocycles. The third-order valence-corrected chi connectivity index (χ3v) is 6.55. The van der Waals surface area contributed by atoms with Gasteiger partial charge in [-0.2, -0.15) is 0 Å². The minimum absolute atomic E-state index is 1.29. The molecule has 138 valence electrons. The Bertz CT molecular complexity index is 1680. The molecule has 30 heavy (non-hydrogen) atoms. The summed E-state index contributed by atoms with van der Waals surface area (Å²) in [5, 5.41) is 10.6. The lowest BCUT2D eigenvalue weighted by Crippen LogP contribution is -1.89. The molecule has 0 nitrogen and oxygen atoms in total. The molecule has 0 amide bonds. The zero-order valence-corrected chi connectivity index (χ0v) is 16.4. The average molecular weight is 378 g/mol. The number of rotatable bonds is 1. The number of benzene rings is 6. The molecule has 0 radical (unpaired) electrons. The molecule has 6 aromatic rings. The van der Waals surface area contributed by atoms with Gasteiger partial charge in [0.25, 0.3) is 0 Å². The van der Waals surface area contributed by atoms with E-state index >= 15 is 0 Å². The van der Waals surface area contributed by atoms with E-state index in [9.17, 15) is 0 Å². The molecule has 0 aliphatic heterocycles. The summed E-state index contributed by atoms with van der Waals surface area (Å²) in [7, 11) is 0. The fourth-order valence-corrected chi connectivity index (χ4v) is 5.18. The second kappa shape index (κ2) is 5.81. The minimum atomic E-state index is 1.29. The van der Waals surface area contributed by atoms with Crippen LogP contribution in [0.4, 0.5) is 0 Å². The van der Waals surface area contributed by atoms with Gasteiger partial charge in [-0.1, -0.05) is 91.0 Å². The smallest absolute Gasteiger partial charge is 0.00145 e. The second-order valence-corrected chi connectivity index (χ2v) is 8.20. The van der Waals surface area contributed by atoms with Crippen molar-refractivity contribution in [1.82, 2.24) is 0 Å². The van der Waals surface area contributed by atoms with Crippen molar-refractivity contribution in [3.05, 3.63) is 108 Å². The van der Waals surface area contributed by atoms with Gasteiger partial charge >= 0.3 is 0 Å². The van der Waals surface area contributed by atoms with Crippen molar-refractivity contribution in [2.24, 2.45) is 0 Å². The number of fused-ring (bicyclic) bond motifs is 4. The first-order chi connectivity index (χ1) is 14.9. The summed E-state index contributed by atoms with van der Waals surface area (Å²) in [6.07, 6.45) is 4.50. The Morgan fingerprint density at radius 3 is 1.97 bits per heavy atom. The van der Waals surface area contributed by atoms with Gasteiger partial charge in [0.05, 0.1) is 0 Å².